The van der Waals surface area contributed by atoms with Crippen LogP contribution in [-0.2, 0) is 19.1 Å². The third-order valence-corrected chi connectivity index (χ3v) is 8.82. The third kappa shape index (κ3) is 8.09. The predicted octanol–water partition coefficient (Wildman–Crippen LogP) is 4.78. The highest BCUT2D eigenvalue weighted by atomic mass is 16.5. The second kappa shape index (κ2) is 15.7. The van der Waals surface area contributed by atoms with Gasteiger partial charge in [0.15, 0.2) is 0 Å². The maximum Gasteiger partial charge on any atom is 0.337 e. The zero-order valence-electron chi connectivity index (χ0n) is 26.8. The maximum atomic E-state index is 12.9. The Morgan fingerprint density at radius 3 is 1.94 bits per heavy atom. The van der Waals surface area contributed by atoms with Gasteiger partial charge < -0.3 is 29.7 Å². The number of anilines is 2. The molecule has 10 heteroatoms. The van der Waals surface area contributed by atoms with Crippen molar-refractivity contribution in [2.24, 2.45) is 0 Å². The third-order valence-electron chi connectivity index (χ3n) is 8.82. The normalized spacial score (nSPS) is 15.4. The van der Waals surface area contributed by atoms with Crippen LogP contribution in [-0.4, -0.2) is 98.4 Å². The number of morpholine rings is 1. The molecule has 0 aliphatic carbocycles. The average molecular weight is 649 g/mol. The van der Waals surface area contributed by atoms with E-state index in [-0.39, 0.29) is 36.4 Å². The number of amides is 2. The molecule has 4 aromatic carbocycles. The smallest absolute Gasteiger partial charge is 0.337 e. The lowest BCUT2D eigenvalue weighted by Crippen LogP contribution is -2.50. The van der Waals surface area contributed by atoms with Gasteiger partial charge in [0, 0.05) is 45.0 Å². The van der Waals surface area contributed by atoms with Gasteiger partial charge >= 0.3 is 5.97 Å². The Kier molecular flexibility index (Phi) is 10.8. The molecule has 248 valence electrons. The second-order valence-electron chi connectivity index (χ2n) is 11.9. The van der Waals surface area contributed by atoms with Gasteiger partial charge in [0.2, 0.25) is 11.8 Å². The number of aromatic carboxylic acids is 1. The van der Waals surface area contributed by atoms with Crippen LogP contribution in [0.15, 0.2) is 103 Å². The number of benzene rings is 4. The molecule has 4 aromatic rings. The summed E-state index contributed by atoms with van der Waals surface area (Å²) >= 11 is 0. The Labute approximate surface area is 280 Å². The van der Waals surface area contributed by atoms with Crippen molar-refractivity contribution in [3.05, 3.63) is 120 Å². The molecular weight excluding hydrogens is 608 g/mol. The monoisotopic (exact) mass is 648 g/mol. The number of rotatable bonds is 11. The quantitative estimate of drug-likeness (QED) is 0.239. The molecule has 0 spiro atoms. The SMILES string of the molecule is O=C(COCC(=O)N1CCN(C(c2ccccc2)c2ccccc2)CC1)Nc1ccc(-c2ccc(N3CCOCC3)cc2)cc1C(=O)O. The van der Waals surface area contributed by atoms with E-state index in [1.807, 2.05) is 60.7 Å². The first-order chi connectivity index (χ1) is 23.5. The first kappa shape index (κ1) is 32.9. The highest BCUT2D eigenvalue weighted by Crippen LogP contribution is 2.30. The van der Waals surface area contributed by atoms with Crippen molar-refractivity contribution in [2.45, 2.75) is 6.04 Å². The van der Waals surface area contributed by atoms with Crippen LogP contribution in [0.25, 0.3) is 11.1 Å². The van der Waals surface area contributed by atoms with E-state index in [9.17, 15) is 19.5 Å². The summed E-state index contributed by atoms with van der Waals surface area (Å²) in [6.45, 7) is 4.94. The molecule has 0 saturated carbocycles. The fourth-order valence-corrected chi connectivity index (χ4v) is 6.32. The van der Waals surface area contributed by atoms with Crippen molar-refractivity contribution in [3.63, 3.8) is 0 Å². The number of carboxylic acid groups (broad SMARTS) is 1. The molecule has 0 atom stereocenters. The van der Waals surface area contributed by atoms with Crippen LogP contribution in [0.2, 0.25) is 0 Å². The molecule has 6 rings (SSSR count). The average Bonchev–Trinajstić information content (AvgIpc) is 3.13. The van der Waals surface area contributed by atoms with Gasteiger partial charge in [-0.3, -0.25) is 14.5 Å². The lowest BCUT2D eigenvalue weighted by Gasteiger charge is -2.39. The molecule has 2 saturated heterocycles. The van der Waals surface area contributed by atoms with Crippen LogP contribution >= 0.6 is 0 Å². The van der Waals surface area contributed by atoms with Gasteiger partial charge in [0.25, 0.3) is 0 Å². The Bertz CT molecular complexity index is 1650. The van der Waals surface area contributed by atoms with Gasteiger partial charge in [0.05, 0.1) is 30.5 Å². The number of ether oxygens (including phenoxy) is 2. The van der Waals surface area contributed by atoms with E-state index in [1.54, 1.807) is 23.1 Å². The molecule has 0 unspecified atom stereocenters. The number of piperazine rings is 1. The van der Waals surface area contributed by atoms with Gasteiger partial charge in [-0.25, -0.2) is 4.79 Å². The van der Waals surface area contributed by atoms with Crippen molar-refractivity contribution in [3.8, 4) is 11.1 Å². The van der Waals surface area contributed by atoms with Crippen LogP contribution in [0.3, 0.4) is 0 Å². The summed E-state index contributed by atoms with van der Waals surface area (Å²) in [5.41, 5.74) is 5.22. The van der Waals surface area contributed by atoms with E-state index in [4.69, 9.17) is 9.47 Å². The molecule has 2 aliphatic heterocycles. The highest BCUT2D eigenvalue weighted by Gasteiger charge is 2.28. The van der Waals surface area contributed by atoms with Crippen molar-refractivity contribution < 1.29 is 29.0 Å². The molecule has 0 aromatic heterocycles. The van der Waals surface area contributed by atoms with E-state index in [2.05, 4.69) is 39.4 Å². The zero-order chi connectivity index (χ0) is 33.3. The van der Waals surface area contributed by atoms with Crippen molar-refractivity contribution >= 4 is 29.2 Å². The minimum absolute atomic E-state index is 0.0311. The number of carbonyl (C=O) groups excluding carboxylic acids is 2. The van der Waals surface area contributed by atoms with Gasteiger partial charge in [-0.05, 0) is 46.5 Å². The largest absolute Gasteiger partial charge is 0.478 e. The molecule has 2 amide bonds. The number of carboxylic acids is 1. The molecule has 0 radical (unpaired) electrons. The van der Waals surface area contributed by atoms with Crippen molar-refractivity contribution in [1.29, 1.82) is 0 Å². The van der Waals surface area contributed by atoms with Crippen LogP contribution in [0.4, 0.5) is 11.4 Å². The van der Waals surface area contributed by atoms with Gasteiger partial charge in [-0.1, -0.05) is 78.9 Å². The van der Waals surface area contributed by atoms with Crippen LogP contribution in [0.1, 0.15) is 27.5 Å². The topological polar surface area (TPSA) is 112 Å². The Hall–Kier alpha value is -5.03. The van der Waals surface area contributed by atoms with Gasteiger partial charge in [-0.15, -0.1) is 0 Å². The summed E-state index contributed by atoms with van der Waals surface area (Å²) in [5.74, 6) is -1.88. The molecule has 48 heavy (non-hydrogen) atoms. The van der Waals surface area contributed by atoms with E-state index in [0.29, 0.717) is 39.4 Å². The van der Waals surface area contributed by atoms with Crippen molar-refractivity contribution in [1.82, 2.24) is 9.80 Å². The molecule has 10 nitrogen and oxygen atoms in total. The summed E-state index contributed by atoms with van der Waals surface area (Å²) in [7, 11) is 0. The summed E-state index contributed by atoms with van der Waals surface area (Å²) in [4.78, 5) is 44.1. The number of hydrogen-bond donors (Lipinski definition) is 2. The number of nitrogens with one attached hydrogen (secondary N) is 1. The first-order valence-electron chi connectivity index (χ1n) is 16.3. The summed E-state index contributed by atoms with van der Waals surface area (Å²) in [6.07, 6.45) is 0. The summed E-state index contributed by atoms with van der Waals surface area (Å²) in [6, 6.07) is 33.7. The fraction of sp³-hybridized carbons (Fsp3) is 0.289. The Morgan fingerprint density at radius 2 is 1.33 bits per heavy atom. The van der Waals surface area contributed by atoms with Crippen LogP contribution in [0.5, 0.6) is 0 Å². The Morgan fingerprint density at radius 1 is 0.729 bits per heavy atom. The van der Waals surface area contributed by atoms with E-state index < -0.39 is 11.9 Å². The highest BCUT2D eigenvalue weighted by molar-refractivity contribution is 6.02. The van der Waals surface area contributed by atoms with Gasteiger partial charge in [0.1, 0.15) is 13.2 Å². The Balaban J connectivity index is 0.994. The number of nitrogens with zero attached hydrogens (tertiary/aromatic N) is 3. The number of hydrogen-bond acceptors (Lipinski definition) is 7. The molecule has 2 aliphatic rings. The molecule has 2 N–H and O–H groups in total. The lowest BCUT2D eigenvalue weighted by molar-refractivity contribution is -0.139. The molecule has 0 bridgehead atoms. The molecule has 2 fully saturated rings. The number of carbonyl (C=O) groups is 3. The van der Waals surface area contributed by atoms with E-state index in [0.717, 1.165) is 29.9 Å². The van der Waals surface area contributed by atoms with Crippen LogP contribution in [0, 0.1) is 0 Å². The zero-order valence-corrected chi connectivity index (χ0v) is 26.8. The second-order valence-corrected chi connectivity index (χ2v) is 11.9. The predicted molar refractivity (Wildman–Crippen MR) is 184 cm³/mol. The molecule has 2 heterocycles. The summed E-state index contributed by atoms with van der Waals surface area (Å²) < 4.78 is 10.9. The minimum atomic E-state index is -1.16. The van der Waals surface area contributed by atoms with Crippen molar-refractivity contribution in [2.75, 3.05) is 75.9 Å². The van der Waals surface area contributed by atoms with Crippen LogP contribution < -0.4 is 10.2 Å². The standard InChI is InChI=1S/C38H40N4O6/c43-35(39-34-16-13-31(25-33(34)38(45)46)28-11-14-32(15-12-28)40-21-23-47-24-22-40)26-48-27-36(44)41-17-19-42(20-18-41)37(29-7-3-1-4-8-29)30-9-5-2-6-10-30/h1-16,25,37H,17-24,26-27H2,(H,39,43)(H,45,46). The first-order valence-corrected chi connectivity index (χ1v) is 16.3. The molecular formula is C38H40N4O6. The van der Waals surface area contributed by atoms with E-state index >= 15 is 0 Å². The maximum absolute atomic E-state index is 12.9. The minimum Gasteiger partial charge on any atom is -0.478 e. The fourth-order valence-electron chi connectivity index (χ4n) is 6.32. The summed E-state index contributed by atoms with van der Waals surface area (Å²) in [5, 5.41) is 12.5. The van der Waals surface area contributed by atoms with E-state index in [1.165, 1.54) is 11.1 Å². The lowest BCUT2D eigenvalue weighted by atomic mass is 9.96. The van der Waals surface area contributed by atoms with Gasteiger partial charge in [-0.2, -0.15) is 0 Å².